The van der Waals surface area contributed by atoms with Crippen molar-refractivity contribution in [1.29, 1.82) is 0 Å². The summed E-state index contributed by atoms with van der Waals surface area (Å²) in [6.07, 6.45) is 1.51. The van der Waals surface area contributed by atoms with E-state index >= 15 is 0 Å². The van der Waals surface area contributed by atoms with Gasteiger partial charge in [0.2, 0.25) is 0 Å². The fourth-order valence-electron chi connectivity index (χ4n) is 2.51. The first kappa shape index (κ1) is 17.4. The fraction of sp³-hybridized carbons (Fsp3) is 0.412. The maximum absolute atomic E-state index is 13.0. The van der Waals surface area contributed by atoms with Gasteiger partial charge in [-0.05, 0) is 48.1 Å². The Kier molecular flexibility index (Phi) is 4.48. The molecule has 1 aromatic carbocycles. The predicted octanol–water partition coefficient (Wildman–Crippen LogP) is 3.22. The van der Waals surface area contributed by atoms with E-state index in [0.29, 0.717) is 10.7 Å². The van der Waals surface area contributed by atoms with Crippen molar-refractivity contribution in [2.75, 3.05) is 11.4 Å². The molecular weight excluding hydrogens is 310 g/mol. The first-order valence-corrected chi connectivity index (χ1v) is 8.87. The maximum Gasteiger partial charge on any atom is 0.265 e. The Morgan fingerprint density at radius 2 is 1.65 bits per heavy atom. The summed E-state index contributed by atoms with van der Waals surface area (Å²) in [4.78, 5) is 0.332. The largest absolute Gasteiger partial charge is 0.265 e. The van der Waals surface area contributed by atoms with Gasteiger partial charge in [-0.25, -0.2) is 8.42 Å². The van der Waals surface area contributed by atoms with Crippen LogP contribution in [0, 0.1) is 13.8 Å². The molecule has 0 aliphatic carbocycles. The number of rotatable bonds is 3. The summed E-state index contributed by atoms with van der Waals surface area (Å²) in [7, 11) is -2.19. The lowest BCUT2D eigenvalue weighted by atomic mass is 9.85. The zero-order valence-electron chi connectivity index (χ0n) is 14.5. The minimum Gasteiger partial charge on any atom is -0.251 e. The standard InChI is InChI=1S/C17H23N3O2S/c1-12-10-14(17(3,4)5)11-13(2)16(12)23(21,22)20(6)15-8-7-9-18-19-15/h7-11H,1-6H3. The summed E-state index contributed by atoms with van der Waals surface area (Å²) in [6.45, 7) is 10.0. The Hall–Kier alpha value is -1.95. The zero-order chi connectivity index (χ0) is 17.4. The molecule has 0 atom stereocenters. The molecule has 6 heteroatoms. The van der Waals surface area contributed by atoms with Crippen LogP contribution in [0.2, 0.25) is 0 Å². The second kappa shape index (κ2) is 5.92. The van der Waals surface area contributed by atoms with Gasteiger partial charge in [0.1, 0.15) is 0 Å². The molecule has 0 aliphatic rings. The van der Waals surface area contributed by atoms with Gasteiger partial charge in [0, 0.05) is 13.2 Å². The Bertz CT molecular complexity index is 786. The first-order chi connectivity index (χ1) is 10.5. The number of nitrogens with zero attached hydrogens (tertiary/aromatic N) is 3. The van der Waals surface area contributed by atoms with Gasteiger partial charge in [0.25, 0.3) is 10.0 Å². The molecule has 0 spiro atoms. The van der Waals surface area contributed by atoms with Crippen molar-refractivity contribution in [1.82, 2.24) is 10.2 Å². The van der Waals surface area contributed by atoms with E-state index in [9.17, 15) is 8.42 Å². The number of hydrogen-bond acceptors (Lipinski definition) is 4. The fourth-order valence-corrected chi connectivity index (χ4v) is 4.06. The highest BCUT2D eigenvalue weighted by atomic mass is 32.2. The highest BCUT2D eigenvalue weighted by molar-refractivity contribution is 7.92. The van der Waals surface area contributed by atoms with Crippen LogP contribution >= 0.6 is 0 Å². The Balaban J connectivity index is 2.57. The summed E-state index contributed by atoms with van der Waals surface area (Å²) in [6, 6.07) is 7.18. The monoisotopic (exact) mass is 333 g/mol. The molecule has 124 valence electrons. The number of benzene rings is 1. The van der Waals surface area contributed by atoms with Crippen LogP contribution in [0.15, 0.2) is 35.4 Å². The molecule has 0 fully saturated rings. The highest BCUT2D eigenvalue weighted by Crippen LogP contribution is 2.31. The Morgan fingerprint density at radius 3 is 2.09 bits per heavy atom. The number of aryl methyl sites for hydroxylation is 2. The molecule has 0 unspecified atom stereocenters. The van der Waals surface area contributed by atoms with Crippen molar-refractivity contribution in [2.24, 2.45) is 0 Å². The van der Waals surface area contributed by atoms with E-state index in [2.05, 4.69) is 31.0 Å². The smallest absolute Gasteiger partial charge is 0.251 e. The lowest BCUT2D eigenvalue weighted by Crippen LogP contribution is -2.29. The van der Waals surface area contributed by atoms with Gasteiger partial charge < -0.3 is 0 Å². The van der Waals surface area contributed by atoms with Gasteiger partial charge >= 0.3 is 0 Å². The van der Waals surface area contributed by atoms with E-state index in [-0.39, 0.29) is 5.41 Å². The summed E-state index contributed by atoms with van der Waals surface area (Å²) in [5.74, 6) is 0.297. The third-order valence-corrected chi connectivity index (χ3v) is 5.89. The molecule has 5 nitrogen and oxygen atoms in total. The molecule has 23 heavy (non-hydrogen) atoms. The zero-order valence-corrected chi connectivity index (χ0v) is 15.3. The van der Waals surface area contributed by atoms with Crippen molar-refractivity contribution < 1.29 is 8.42 Å². The van der Waals surface area contributed by atoms with Gasteiger partial charge in [0.15, 0.2) is 5.82 Å². The van der Waals surface area contributed by atoms with Crippen molar-refractivity contribution in [2.45, 2.75) is 44.9 Å². The number of aromatic nitrogens is 2. The van der Waals surface area contributed by atoms with Crippen molar-refractivity contribution >= 4 is 15.8 Å². The van der Waals surface area contributed by atoms with Gasteiger partial charge in [-0.3, -0.25) is 4.31 Å². The van der Waals surface area contributed by atoms with Gasteiger partial charge in [0.05, 0.1) is 4.90 Å². The molecule has 0 saturated heterocycles. The average molecular weight is 333 g/mol. The van der Waals surface area contributed by atoms with Crippen LogP contribution in [-0.2, 0) is 15.4 Å². The Labute approximate surface area is 138 Å². The first-order valence-electron chi connectivity index (χ1n) is 7.43. The third-order valence-electron chi connectivity index (χ3n) is 3.83. The molecular formula is C17H23N3O2S. The lowest BCUT2D eigenvalue weighted by molar-refractivity contribution is 0.583. The minimum absolute atomic E-state index is 0.0331. The van der Waals surface area contributed by atoms with Crippen molar-refractivity contribution in [3.05, 3.63) is 47.2 Å². The molecule has 1 aromatic heterocycles. The molecule has 1 heterocycles. The number of sulfonamides is 1. The number of hydrogen-bond donors (Lipinski definition) is 0. The summed E-state index contributed by atoms with van der Waals surface area (Å²) < 4.78 is 27.2. The van der Waals surface area contributed by atoms with E-state index in [1.54, 1.807) is 12.1 Å². The second-order valence-electron chi connectivity index (χ2n) is 6.74. The molecule has 0 aliphatic heterocycles. The molecule has 0 saturated carbocycles. The maximum atomic E-state index is 13.0. The van der Waals surface area contributed by atoms with Crippen LogP contribution in [-0.4, -0.2) is 25.7 Å². The van der Waals surface area contributed by atoms with Crippen LogP contribution in [0.4, 0.5) is 5.82 Å². The van der Waals surface area contributed by atoms with Crippen LogP contribution in [0.25, 0.3) is 0 Å². The summed E-state index contributed by atoms with van der Waals surface area (Å²) in [5, 5.41) is 7.63. The molecule has 0 N–H and O–H groups in total. The van der Waals surface area contributed by atoms with Crippen LogP contribution in [0.1, 0.15) is 37.5 Å². The average Bonchev–Trinajstić information content (AvgIpc) is 2.45. The van der Waals surface area contributed by atoms with Crippen LogP contribution in [0.5, 0.6) is 0 Å². The van der Waals surface area contributed by atoms with Crippen LogP contribution in [0.3, 0.4) is 0 Å². The Morgan fingerprint density at radius 1 is 1.09 bits per heavy atom. The predicted molar refractivity (Wildman–Crippen MR) is 92.2 cm³/mol. The minimum atomic E-state index is -3.68. The molecule has 2 rings (SSSR count). The van der Waals surface area contributed by atoms with Gasteiger partial charge in [-0.2, -0.15) is 5.10 Å². The van der Waals surface area contributed by atoms with Gasteiger partial charge in [-0.15, -0.1) is 5.10 Å². The second-order valence-corrected chi connectivity index (χ2v) is 8.65. The van der Waals surface area contributed by atoms with E-state index in [0.717, 1.165) is 16.7 Å². The van der Waals surface area contributed by atoms with E-state index < -0.39 is 10.0 Å². The van der Waals surface area contributed by atoms with Crippen molar-refractivity contribution in [3.8, 4) is 0 Å². The quantitative estimate of drug-likeness (QED) is 0.865. The number of anilines is 1. The van der Waals surface area contributed by atoms with E-state index in [1.165, 1.54) is 17.5 Å². The topological polar surface area (TPSA) is 63.2 Å². The van der Waals surface area contributed by atoms with E-state index in [1.807, 2.05) is 26.0 Å². The SMILES string of the molecule is Cc1cc(C(C)(C)C)cc(C)c1S(=O)(=O)N(C)c1cccnn1. The van der Waals surface area contributed by atoms with Crippen molar-refractivity contribution in [3.63, 3.8) is 0 Å². The van der Waals surface area contributed by atoms with E-state index in [4.69, 9.17) is 0 Å². The highest BCUT2D eigenvalue weighted by Gasteiger charge is 2.27. The van der Waals surface area contributed by atoms with Gasteiger partial charge in [-0.1, -0.05) is 32.9 Å². The third kappa shape index (κ3) is 3.37. The molecule has 0 bridgehead atoms. The van der Waals surface area contributed by atoms with Crippen LogP contribution < -0.4 is 4.31 Å². The normalized spacial score (nSPS) is 12.3. The summed E-state index contributed by atoms with van der Waals surface area (Å²) in [5.41, 5.74) is 2.57. The molecule has 0 amide bonds. The summed E-state index contributed by atoms with van der Waals surface area (Å²) >= 11 is 0. The molecule has 0 radical (unpaired) electrons. The lowest BCUT2D eigenvalue weighted by Gasteiger charge is -2.24. The molecule has 2 aromatic rings.